The highest BCUT2D eigenvalue weighted by molar-refractivity contribution is 5.75. The van der Waals surface area contributed by atoms with Crippen LogP contribution in [0.2, 0.25) is 0 Å². The van der Waals surface area contributed by atoms with Crippen LogP contribution in [0.3, 0.4) is 0 Å². The number of hydrogen-bond acceptors (Lipinski definition) is 4. The second-order valence-corrected chi connectivity index (χ2v) is 7.48. The van der Waals surface area contributed by atoms with Crippen LogP contribution in [0.5, 0.6) is 0 Å². The van der Waals surface area contributed by atoms with Gasteiger partial charge in [0.25, 0.3) is 0 Å². The van der Waals surface area contributed by atoms with Gasteiger partial charge < -0.3 is 10.8 Å². The van der Waals surface area contributed by atoms with Crippen molar-refractivity contribution in [1.29, 1.82) is 0 Å². The Balaban J connectivity index is 1.78. The zero-order chi connectivity index (χ0) is 20.5. The summed E-state index contributed by atoms with van der Waals surface area (Å²) in [5.74, 6) is -2.76. The number of hydrogen-bond donors (Lipinski definition) is 2. The Morgan fingerprint density at radius 2 is 1.96 bits per heavy atom. The van der Waals surface area contributed by atoms with Crippen LogP contribution in [0.15, 0.2) is 30.3 Å². The van der Waals surface area contributed by atoms with Crippen molar-refractivity contribution in [1.82, 2.24) is 9.88 Å². The summed E-state index contributed by atoms with van der Waals surface area (Å²) >= 11 is 0. The average molecular weight is 393 g/mol. The zero-order valence-electron chi connectivity index (χ0n) is 15.5. The molecule has 0 spiro atoms. The quantitative estimate of drug-likeness (QED) is 0.814. The molecule has 0 aliphatic carbocycles. The first-order valence-electron chi connectivity index (χ1n) is 9.02. The third kappa shape index (κ3) is 4.27. The van der Waals surface area contributed by atoms with E-state index in [1.807, 2.05) is 11.8 Å². The molecular formula is C20H22F3N3O2. The lowest BCUT2D eigenvalue weighted by Gasteiger charge is -2.43. The summed E-state index contributed by atoms with van der Waals surface area (Å²) in [6, 6.07) is 5.67. The van der Waals surface area contributed by atoms with E-state index < -0.39 is 28.8 Å². The summed E-state index contributed by atoms with van der Waals surface area (Å²) in [5.41, 5.74) is 4.96. The Morgan fingerprint density at radius 3 is 2.57 bits per heavy atom. The molecule has 0 radical (unpaired) electrons. The van der Waals surface area contributed by atoms with Gasteiger partial charge in [-0.05, 0) is 56.1 Å². The number of likely N-dealkylation sites (tertiary alicyclic amines) is 1. The summed E-state index contributed by atoms with van der Waals surface area (Å²) in [5, 5.41) is 9.88. The number of piperidine rings is 1. The van der Waals surface area contributed by atoms with Gasteiger partial charge in [0, 0.05) is 25.1 Å². The summed E-state index contributed by atoms with van der Waals surface area (Å²) < 4.78 is 41.0. The van der Waals surface area contributed by atoms with Crippen molar-refractivity contribution in [3.8, 4) is 0 Å². The topological polar surface area (TPSA) is 79.4 Å². The SMILES string of the molecule is C[C@@H]1C[C@](Cc2nc(N)ccc2F)(C(=O)O)CCN1Cc1cc(F)cc(F)c1. The predicted octanol–water partition coefficient (Wildman–Crippen LogP) is 3.38. The molecule has 1 aromatic heterocycles. The second kappa shape index (κ2) is 7.79. The molecular weight excluding hydrogens is 371 g/mol. The smallest absolute Gasteiger partial charge is 0.310 e. The lowest BCUT2D eigenvalue weighted by molar-refractivity contribution is -0.153. The minimum absolute atomic E-state index is 0.0373. The zero-order valence-corrected chi connectivity index (χ0v) is 15.5. The van der Waals surface area contributed by atoms with Gasteiger partial charge in [0.1, 0.15) is 23.3 Å². The first kappa shape index (κ1) is 20.1. The van der Waals surface area contributed by atoms with Gasteiger partial charge in [0.05, 0.1) is 11.1 Å². The van der Waals surface area contributed by atoms with E-state index in [-0.39, 0.29) is 36.8 Å². The fourth-order valence-corrected chi connectivity index (χ4v) is 3.92. The number of aromatic nitrogens is 1. The van der Waals surface area contributed by atoms with Crippen LogP contribution in [0, 0.1) is 22.9 Å². The predicted molar refractivity (Wildman–Crippen MR) is 97.8 cm³/mol. The van der Waals surface area contributed by atoms with Crippen molar-refractivity contribution in [2.24, 2.45) is 5.41 Å². The van der Waals surface area contributed by atoms with E-state index in [4.69, 9.17) is 5.73 Å². The van der Waals surface area contributed by atoms with E-state index in [1.54, 1.807) is 0 Å². The van der Waals surface area contributed by atoms with Crippen molar-refractivity contribution in [2.45, 2.75) is 38.8 Å². The number of nitrogens with two attached hydrogens (primary N) is 1. The number of anilines is 1. The Hall–Kier alpha value is -2.61. The molecule has 150 valence electrons. The van der Waals surface area contributed by atoms with Crippen LogP contribution < -0.4 is 5.73 Å². The molecule has 1 aliphatic heterocycles. The van der Waals surface area contributed by atoms with Gasteiger partial charge in [-0.1, -0.05) is 0 Å². The van der Waals surface area contributed by atoms with Gasteiger partial charge in [-0.15, -0.1) is 0 Å². The minimum Gasteiger partial charge on any atom is -0.481 e. The molecule has 8 heteroatoms. The normalized spacial score (nSPS) is 22.9. The Labute approximate surface area is 161 Å². The highest BCUT2D eigenvalue weighted by atomic mass is 19.1. The summed E-state index contributed by atoms with van der Waals surface area (Å²) in [6.45, 7) is 2.56. The van der Waals surface area contributed by atoms with Crippen LogP contribution in [0.4, 0.5) is 19.0 Å². The van der Waals surface area contributed by atoms with E-state index in [9.17, 15) is 23.1 Å². The lowest BCUT2D eigenvalue weighted by Crippen LogP contribution is -2.49. The Bertz CT molecular complexity index is 873. The minimum atomic E-state index is -1.18. The maximum atomic E-state index is 14.1. The summed E-state index contributed by atoms with van der Waals surface area (Å²) in [6.07, 6.45) is 0.461. The average Bonchev–Trinajstić information content (AvgIpc) is 2.59. The van der Waals surface area contributed by atoms with Gasteiger partial charge in [0.15, 0.2) is 0 Å². The third-order valence-corrected chi connectivity index (χ3v) is 5.39. The Morgan fingerprint density at radius 1 is 1.29 bits per heavy atom. The van der Waals surface area contributed by atoms with Crippen LogP contribution in [0.1, 0.15) is 31.0 Å². The number of halogens is 3. The van der Waals surface area contributed by atoms with Crippen molar-refractivity contribution >= 4 is 11.8 Å². The standard InChI is InChI=1S/C20H22F3N3O2/c1-12-9-20(19(27)28,10-17-16(23)2-3-18(24)25-17)4-5-26(12)11-13-6-14(21)8-15(22)7-13/h2-3,6-8,12H,4-5,9-11H2,1H3,(H2,24,25)(H,27,28)/t12-,20-/m1/s1. The molecule has 1 fully saturated rings. The molecule has 2 aromatic rings. The van der Waals surface area contributed by atoms with Crippen molar-refractivity contribution in [3.63, 3.8) is 0 Å². The van der Waals surface area contributed by atoms with Gasteiger partial charge in [-0.3, -0.25) is 9.69 Å². The van der Waals surface area contributed by atoms with Gasteiger partial charge in [0.2, 0.25) is 0 Å². The number of carboxylic acid groups (broad SMARTS) is 1. The first-order chi connectivity index (χ1) is 13.2. The lowest BCUT2D eigenvalue weighted by atomic mass is 9.72. The molecule has 1 aliphatic rings. The molecule has 3 rings (SSSR count). The molecule has 1 aromatic carbocycles. The van der Waals surface area contributed by atoms with Crippen molar-refractivity contribution in [2.75, 3.05) is 12.3 Å². The van der Waals surface area contributed by atoms with Gasteiger partial charge in [-0.25, -0.2) is 18.2 Å². The molecule has 1 saturated heterocycles. The molecule has 28 heavy (non-hydrogen) atoms. The highest BCUT2D eigenvalue weighted by Crippen LogP contribution is 2.39. The number of pyridine rings is 1. The molecule has 0 unspecified atom stereocenters. The number of benzene rings is 1. The molecule has 5 nitrogen and oxygen atoms in total. The largest absolute Gasteiger partial charge is 0.481 e. The number of carbonyl (C=O) groups is 1. The van der Waals surface area contributed by atoms with Crippen molar-refractivity contribution in [3.05, 3.63) is 59.0 Å². The number of nitrogen functional groups attached to an aromatic ring is 1. The first-order valence-corrected chi connectivity index (χ1v) is 9.02. The number of nitrogens with zero attached hydrogens (tertiary/aromatic N) is 2. The van der Waals surface area contributed by atoms with Gasteiger partial charge in [-0.2, -0.15) is 0 Å². The number of carboxylic acids is 1. The second-order valence-electron chi connectivity index (χ2n) is 7.48. The van der Waals surface area contributed by atoms with E-state index in [0.29, 0.717) is 18.7 Å². The van der Waals surface area contributed by atoms with Crippen LogP contribution >= 0.6 is 0 Å². The van der Waals surface area contributed by atoms with Crippen LogP contribution in [-0.2, 0) is 17.8 Å². The van der Waals surface area contributed by atoms with E-state index in [0.717, 1.165) is 6.07 Å². The fourth-order valence-electron chi connectivity index (χ4n) is 3.92. The third-order valence-electron chi connectivity index (χ3n) is 5.39. The Kier molecular flexibility index (Phi) is 5.60. The van der Waals surface area contributed by atoms with Crippen molar-refractivity contribution < 1.29 is 23.1 Å². The number of aliphatic carboxylic acids is 1. The molecule has 3 N–H and O–H groups in total. The fraction of sp³-hybridized carbons (Fsp3) is 0.400. The molecule has 2 heterocycles. The molecule has 0 saturated carbocycles. The van der Waals surface area contributed by atoms with Crippen LogP contribution in [0.25, 0.3) is 0 Å². The summed E-state index contributed by atoms with van der Waals surface area (Å²) in [4.78, 5) is 18.0. The molecule has 0 bridgehead atoms. The monoisotopic (exact) mass is 393 g/mol. The van der Waals surface area contributed by atoms with E-state index in [2.05, 4.69) is 4.98 Å². The highest BCUT2D eigenvalue weighted by Gasteiger charge is 2.45. The van der Waals surface area contributed by atoms with E-state index >= 15 is 0 Å². The maximum Gasteiger partial charge on any atom is 0.310 e. The number of rotatable bonds is 5. The molecule has 2 atom stereocenters. The van der Waals surface area contributed by atoms with Gasteiger partial charge >= 0.3 is 5.97 Å². The molecule has 0 amide bonds. The van der Waals surface area contributed by atoms with Crippen LogP contribution in [-0.4, -0.2) is 33.5 Å². The maximum absolute atomic E-state index is 14.1. The summed E-state index contributed by atoms with van der Waals surface area (Å²) in [7, 11) is 0. The van der Waals surface area contributed by atoms with E-state index in [1.165, 1.54) is 24.3 Å².